The molecule has 4 atom stereocenters. The van der Waals surface area contributed by atoms with Crippen molar-refractivity contribution in [3.05, 3.63) is 101 Å². The average Bonchev–Trinajstić information content (AvgIpc) is 3.71. The van der Waals surface area contributed by atoms with Crippen LogP contribution in [0, 0.1) is 5.92 Å². The van der Waals surface area contributed by atoms with Crippen LogP contribution in [0.3, 0.4) is 0 Å². The number of aromatic nitrogens is 3. The van der Waals surface area contributed by atoms with Crippen LogP contribution in [0.25, 0.3) is 0 Å². The lowest BCUT2D eigenvalue weighted by molar-refractivity contribution is -0.146. The Hall–Kier alpha value is -4.36. The predicted octanol–water partition coefficient (Wildman–Crippen LogP) is 4.51. The van der Waals surface area contributed by atoms with Gasteiger partial charge in [-0.2, -0.15) is 0 Å². The quantitative estimate of drug-likeness (QED) is 0.201. The molecule has 0 aliphatic carbocycles. The van der Waals surface area contributed by atoms with Gasteiger partial charge in [0.15, 0.2) is 13.9 Å². The number of para-hydroxylation sites is 1. The third kappa shape index (κ3) is 6.21. The van der Waals surface area contributed by atoms with Crippen molar-refractivity contribution in [1.82, 2.24) is 15.0 Å². The van der Waals surface area contributed by atoms with Crippen LogP contribution in [0.5, 0.6) is 5.75 Å². The molecule has 2 aliphatic heterocycles. The first-order valence-corrected chi connectivity index (χ1v) is 18.9. The summed E-state index contributed by atoms with van der Waals surface area (Å²) < 4.78 is 13.8. The summed E-state index contributed by atoms with van der Waals surface area (Å²) in [5, 5.41) is 20.5. The van der Waals surface area contributed by atoms with Crippen molar-refractivity contribution in [2.24, 2.45) is 5.92 Å². The van der Waals surface area contributed by atoms with E-state index in [1.54, 1.807) is 41.0 Å². The molecule has 1 spiro atoms. The van der Waals surface area contributed by atoms with Crippen molar-refractivity contribution >= 4 is 31.5 Å². The minimum absolute atomic E-state index is 0.000155. The minimum Gasteiger partial charge on any atom is -0.497 e. The van der Waals surface area contributed by atoms with E-state index >= 15 is 0 Å². The number of anilines is 2. The largest absolute Gasteiger partial charge is 0.497 e. The van der Waals surface area contributed by atoms with Gasteiger partial charge in [0, 0.05) is 54.0 Å². The van der Waals surface area contributed by atoms with Gasteiger partial charge in [-0.15, -0.1) is 5.10 Å². The highest BCUT2D eigenvalue weighted by Gasteiger charge is 2.66. The number of ether oxygens (including phenoxy) is 2. The highest BCUT2D eigenvalue weighted by Crippen LogP contribution is 2.59. The number of nitrogens with zero attached hydrogens (tertiary/aromatic N) is 4. The van der Waals surface area contributed by atoms with E-state index in [-0.39, 0.29) is 36.0 Å². The normalized spacial score (nSPS) is 22.1. The number of aliphatic hydroxyl groups is 1. The van der Waals surface area contributed by atoms with Crippen molar-refractivity contribution in [3.63, 3.8) is 0 Å². The lowest BCUT2D eigenvalue weighted by Crippen LogP contribution is -2.46. The Bertz CT molecular complexity index is 1740. The number of aryl methyl sites for hydroxylation is 1. The highest BCUT2D eigenvalue weighted by atomic mass is 28.4. The third-order valence-corrected chi connectivity index (χ3v) is 11.9. The molecule has 12 heteroatoms. The molecule has 47 heavy (non-hydrogen) atoms. The lowest BCUT2D eigenvalue weighted by atomic mass is 9.82. The molecule has 1 aromatic heterocycles. The van der Waals surface area contributed by atoms with E-state index in [1.165, 1.54) is 0 Å². The molecule has 1 saturated heterocycles. The molecule has 3 N–H and O–H groups in total. The Morgan fingerprint density at radius 3 is 2.49 bits per heavy atom. The van der Waals surface area contributed by atoms with Gasteiger partial charge in [-0.3, -0.25) is 14.3 Å². The molecule has 1 fully saturated rings. The number of hydrogen-bond donors (Lipinski definition) is 3. The molecule has 0 radical (unpaired) electrons. The van der Waals surface area contributed by atoms with E-state index in [2.05, 4.69) is 15.6 Å². The van der Waals surface area contributed by atoms with Crippen LogP contribution < -0.4 is 15.0 Å². The third-order valence-electron chi connectivity index (χ3n) is 9.39. The average molecular weight is 656 g/mol. The van der Waals surface area contributed by atoms with Gasteiger partial charge >= 0.3 is 0 Å². The zero-order valence-electron chi connectivity index (χ0n) is 27.1. The highest BCUT2D eigenvalue weighted by molar-refractivity contribution is 6.71. The van der Waals surface area contributed by atoms with Crippen molar-refractivity contribution in [2.45, 2.75) is 63.2 Å². The van der Waals surface area contributed by atoms with Gasteiger partial charge in [-0.1, -0.05) is 42.5 Å². The topological polar surface area (TPSA) is 139 Å². The van der Waals surface area contributed by atoms with Crippen LogP contribution in [0.1, 0.15) is 40.5 Å². The Morgan fingerprint density at radius 1 is 1.09 bits per heavy atom. The summed E-state index contributed by atoms with van der Waals surface area (Å²) >= 11 is 0. The van der Waals surface area contributed by atoms with E-state index in [1.807, 2.05) is 74.7 Å². The van der Waals surface area contributed by atoms with Crippen LogP contribution in [0.2, 0.25) is 18.6 Å². The minimum atomic E-state index is -2.80. The first-order chi connectivity index (χ1) is 22.5. The summed E-state index contributed by atoms with van der Waals surface area (Å²) in [4.78, 5) is 40.7. The molecule has 2 aliphatic rings. The van der Waals surface area contributed by atoms with Gasteiger partial charge in [0.05, 0.1) is 31.1 Å². The van der Waals surface area contributed by atoms with E-state index in [0.29, 0.717) is 48.6 Å². The summed E-state index contributed by atoms with van der Waals surface area (Å²) in [6.07, 6.45) is 2.43. The fourth-order valence-electron chi connectivity index (χ4n) is 7.22. The van der Waals surface area contributed by atoms with Crippen LogP contribution in [0.4, 0.5) is 11.4 Å². The molecule has 4 aromatic rings. The van der Waals surface area contributed by atoms with Gasteiger partial charge in [0.2, 0.25) is 0 Å². The maximum Gasteiger partial charge on any atom is 0.264 e. The summed E-state index contributed by atoms with van der Waals surface area (Å²) in [7, 11) is -1.22. The second-order valence-electron chi connectivity index (χ2n) is 12.9. The predicted molar refractivity (Wildman–Crippen MR) is 180 cm³/mol. The van der Waals surface area contributed by atoms with E-state index in [0.717, 1.165) is 16.8 Å². The fraction of sp³-hybridized carbons (Fsp3) is 0.371. The Balaban J connectivity index is 1.22. The molecule has 3 aromatic carbocycles. The number of fused-ring (bicyclic) bond motifs is 2. The molecule has 0 saturated carbocycles. The number of carbonyl (C=O) groups is 2. The van der Waals surface area contributed by atoms with Crippen molar-refractivity contribution in [1.29, 1.82) is 0 Å². The fourth-order valence-corrected chi connectivity index (χ4v) is 9.82. The van der Waals surface area contributed by atoms with Crippen molar-refractivity contribution < 1.29 is 29.0 Å². The number of carbonyl (C=O) groups excluding carboxylic acids is 2. The van der Waals surface area contributed by atoms with E-state index in [9.17, 15) is 19.5 Å². The summed E-state index contributed by atoms with van der Waals surface area (Å²) in [5.74, 6) is 0.0395. The monoisotopic (exact) mass is 655 g/mol. The maximum atomic E-state index is 14.6. The first kappa shape index (κ1) is 32.6. The standard InChI is InChI=1S/C35H41N5O6Si/c1-23-32(47(3,4)44)31(17-19-39-22-27(18-20-41)37-38-39)46-35(23)29-7-5-6-8-30(29)40(34(35)43)21-24-9-13-26(14-10-24)36-33(42)25-11-15-28(45-2)16-12-25/h5-16,22-23,31-32,41,44H,17-21H2,1-4H3,(H,36,42)/t23-,31+,32-,35+/m0/s1. The Kier molecular flexibility index (Phi) is 9.03. The molecule has 0 unspecified atom stereocenters. The zero-order chi connectivity index (χ0) is 33.3. The number of methoxy groups -OCH3 is 1. The van der Waals surface area contributed by atoms with E-state index < -0.39 is 13.9 Å². The Morgan fingerprint density at radius 2 is 1.81 bits per heavy atom. The van der Waals surface area contributed by atoms with Crippen LogP contribution in [0.15, 0.2) is 79.0 Å². The molecular weight excluding hydrogens is 615 g/mol. The number of hydrogen-bond acceptors (Lipinski definition) is 8. The maximum absolute atomic E-state index is 14.6. The number of nitrogens with one attached hydrogen (secondary N) is 1. The van der Waals surface area contributed by atoms with Crippen LogP contribution in [-0.4, -0.2) is 64.8 Å². The smallest absolute Gasteiger partial charge is 0.264 e. The zero-order valence-corrected chi connectivity index (χ0v) is 28.1. The number of aliphatic hydroxyl groups excluding tert-OH is 1. The second kappa shape index (κ2) is 13.0. The Labute approximate surface area is 275 Å². The second-order valence-corrected chi connectivity index (χ2v) is 16.9. The molecule has 6 rings (SSSR count). The van der Waals surface area contributed by atoms with Gasteiger partial charge in [0.1, 0.15) is 5.75 Å². The van der Waals surface area contributed by atoms with Crippen molar-refractivity contribution in [2.75, 3.05) is 23.9 Å². The summed E-state index contributed by atoms with van der Waals surface area (Å²) in [6, 6.07) is 22.1. The van der Waals surface area contributed by atoms with Crippen molar-refractivity contribution in [3.8, 4) is 5.75 Å². The van der Waals surface area contributed by atoms with Gasteiger partial charge < -0.3 is 29.6 Å². The number of rotatable bonds is 11. The van der Waals surface area contributed by atoms with Crippen LogP contribution in [-0.2, 0) is 34.6 Å². The lowest BCUT2D eigenvalue weighted by Gasteiger charge is -2.32. The molecular formula is C35H41N5O6Si. The van der Waals surface area contributed by atoms with Crippen LogP contribution >= 0.6 is 0 Å². The first-order valence-electron chi connectivity index (χ1n) is 15.9. The number of benzene rings is 3. The molecule has 0 bridgehead atoms. The summed E-state index contributed by atoms with van der Waals surface area (Å²) in [5.41, 5.74) is 2.95. The van der Waals surface area contributed by atoms with Gasteiger partial charge in [-0.25, -0.2) is 0 Å². The molecule has 2 amide bonds. The molecule has 246 valence electrons. The van der Waals surface area contributed by atoms with Gasteiger partial charge in [-0.05, 0) is 67.5 Å². The van der Waals surface area contributed by atoms with E-state index in [4.69, 9.17) is 9.47 Å². The molecule has 3 heterocycles. The molecule has 11 nitrogen and oxygen atoms in total. The van der Waals surface area contributed by atoms with Gasteiger partial charge in [0.25, 0.3) is 11.8 Å². The SMILES string of the molecule is COc1ccc(C(=O)Nc2ccc(CN3C(=O)[C@]4(O[C@H](CCn5cc(CCO)nn5)[C@@H]([Si](C)(C)O)[C@@H]4C)c4ccccc43)cc2)cc1. The number of amides is 2. The summed E-state index contributed by atoms with van der Waals surface area (Å²) in [6.45, 7) is 6.69.